The van der Waals surface area contributed by atoms with E-state index in [1.807, 2.05) is 99.3 Å². The molecule has 4 fully saturated rings. The predicted molar refractivity (Wildman–Crippen MR) is 488 cm³/mol. The highest BCUT2D eigenvalue weighted by Crippen LogP contribution is 2.25. The zero-order valence-corrected chi connectivity index (χ0v) is 77.1. The zero-order chi connectivity index (χ0) is 95.2. The lowest BCUT2D eigenvalue weighted by Gasteiger charge is -2.36. The smallest absolute Gasteiger partial charge is 0.270 e. The van der Waals surface area contributed by atoms with Crippen LogP contribution in [0.5, 0.6) is 23.0 Å². The van der Waals surface area contributed by atoms with Gasteiger partial charge in [-0.1, -0.05) is 27.7 Å². The van der Waals surface area contributed by atoms with Crippen LogP contribution >= 0.6 is 0 Å². The zero-order valence-electron chi connectivity index (χ0n) is 77.1. The molecule has 4 amide bonds. The number of H-pyrrole nitrogens is 4. The van der Waals surface area contributed by atoms with Gasteiger partial charge in [-0.25, -0.2) is 40.3 Å². The summed E-state index contributed by atoms with van der Waals surface area (Å²) in [7, 11) is 0. The number of anilines is 4. The fraction of sp³-hybridized carbons (Fsp3) is 0.522. The van der Waals surface area contributed by atoms with Crippen LogP contribution in [0, 0.1) is 73.0 Å². The average molecular weight is 1820 g/mol. The number of ether oxygens (including phenoxy) is 8. The first-order valence-corrected chi connectivity index (χ1v) is 44.5. The van der Waals surface area contributed by atoms with Crippen LogP contribution in [0.2, 0.25) is 0 Å². The van der Waals surface area contributed by atoms with Crippen LogP contribution in [0.1, 0.15) is 151 Å². The summed E-state index contributed by atoms with van der Waals surface area (Å²) < 4.78 is 47.1. The minimum atomic E-state index is -0.280. The summed E-state index contributed by atoms with van der Waals surface area (Å²) >= 11 is 0. The minimum Gasteiger partial charge on any atom is -0.486 e. The summed E-state index contributed by atoms with van der Waals surface area (Å²) in [5.41, 5.74) is 2.89. The summed E-state index contributed by atoms with van der Waals surface area (Å²) in [4.78, 5) is 131. The van der Waals surface area contributed by atoms with E-state index in [4.69, 9.17) is 58.9 Å². The second-order valence-electron chi connectivity index (χ2n) is 32.3. The Morgan fingerprint density at radius 3 is 0.667 bits per heavy atom. The van der Waals surface area contributed by atoms with Crippen molar-refractivity contribution in [3.05, 3.63) is 184 Å². The van der Waals surface area contributed by atoms with E-state index in [-0.39, 0.29) is 120 Å². The number of aromatic nitrogens is 12. The quantitative estimate of drug-likeness (QED) is 0.0322. The molecular weight excluding hydrogens is 1700 g/mol. The van der Waals surface area contributed by atoms with E-state index in [0.29, 0.717) is 224 Å². The van der Waals surface area contributed by atoms with Crippen molar-refractivity contribution in [2.24, 2.45) is 0 Å². The Labute approximate surface area is 767 Å². The molecule has 704 valence electrons. The number of piperazine rings is 4. The van der Waals surface area contributed by atoms with Crippen LogP contribution in [0.25, 0.3) is 0 Å². The molecule has 4 aliphatic rings. The summed E-state index contributed by atoms with van der Waals surface area (Å²) in [5.74, 6) is 5.22. The molecule has 0 aromatic carbocycles. The lowest BCUT2D eigenvalue weighted by atomic mass is 10.2. The maximum atomic E-state index is 12.7. The number of amides is 4. The number of carbonyl (C=O) groups is 4. The molecular formula is C92H120N24O16. The molecule has 8 aromatic heterocycles. The largest absolute Gasteiger partial charge is 0.486 e. The number of carbonyl (C=O) groups excluding carboxylic acids is 4. The molecule has 12 rings (SSSR count). The number of nitrogens with one attached hydrogen (secondary N) is 4. The lowest BCUT2D eigenvalue weighted by molar-refractivity contribution is -0.135. The van der Waals surface area contributed by atoms with E-state index in [0.717, 1.165) is 23.3 Å². The third-order valence-corrected chi connectivity index (χ3v) is 22.7. The highest BCUT2D eigenvalue weighted by Gasteiger charge is 2.30. The van der Waals surface area contributed by atoms with Gasteiger partial charge < -0.3 is 77.1 Å². The number of rotatable bonds is 36. The van der Waals surface area contributed by atoms with Gasteiger partial charge in [0.1, 0.15) is 95.0 Å². The second kappa shape index (κ2) is 52.1. The van der Waals surface area contributed by atoms with E-state index in [2.05, 4.69) is 105 Å². The van der Waals surface area contributed by atoms with Gasteiger partial charge in [0.25, 0.3) is 22.2 Å². The Morgan fingerprint density at radius 2 is 0.508 bits per heavy atom. The van der Waals surface area contributed by atoms with E-state index in [1.54, 1.807) is 76.7 Å². The molecule has 12 heterocycles. The van der Waals surface area contributed by atoms with E-state index in [9.17, 15) is 38.4 Å². The first-order valence-electron chi connectivity index (χ1n) is 44.5. The predicted octanol–water partition coefficient (Wildman–Crippen LogP) is 6.59. The number of aromatic amines is 4. The average Bonchev–Trinajstić information content (AvgIpc) is 0.845. The number of hydrogen-bond donors (Lipinski definition) is 4. The number of nitrogens with zero attached hydrogens (tertiary/aromatic N) is 20. The third-order valence-electron chi connectivity index (χ3n) is 22.7. The molecule has 8 atom stereocenters. The SMILES string of the molecule is CC[C@@H](CO[C@@H](C)CC(=O)N1CCN(c2ccc(C#N)cn2)CC1)Oc1cn[nH]c(=O)c1C.CC[C@@H](CO[C@H](C)CC(=O)N1CCN(c2ccc(C#N)cn2)CC1)Oc1cn[nH]c(=O)c1C.CC[C@H](CO[C@@H](C)CC(=O)N1CCN(c2ccc(C#N)cn2)CC1)Oc1cn[nH]c(=O)c1C.CC[C@H](CO[C@H](C)CC(=O)N1CCN(c2ccc(C#N)cn2)CC1)Oc1cn[nH]c(=O)c1C. The molecule has 40 nitrogen and oxygen atoms in total. The molecule has 0 bridgehead atoms. The van der Waals surface area contributed by atoms with Crippen molar-refractivity contribution in [2.45, 2.75) is 183 Å². The molecule has 8 aromatic rings. The molecule has 0 radical (unpaired) electrons. The van der Waals surface area contributed by atoms with E-state index >= 15 is 0 Å². The van der Waals surface area contributed by atoms with E-state index < -0.39 is 0 Å². The van der Waals surface area contributed by atoms with Crippen LogP contribution < -0.4 is 60.8 Å². The monoisotopic (exact) mass is 1820 g/mol. The minimum absolute atomic E-state index is 0.0542. The van der Waals surface area contributed by atoms with Gasteiger partial charge >= 0.3 is 0 Å². The van der Waals surface area contributed by atoms with E-state index in [1.165, 1.54) is 24.8 Å². The van der Waals surface area contributed by atoms with Crippen molar-refractivity contribution in [2.75, 3.05) is 151 Å². The van der Waals surface area contributed by atoms with Gasteiger partial charge in [-0.3, -0.25) is 38.4 Å². The maximum absolute atomic E-state index is 12.7. The van der Waals surface area contributed by atoms with Gasteiger partial charge in [-0.2, -0.15) is 41.4 Å². The molecule has 0 spiro atoms. The molecule has 0 unspecified atom stereocenters. The molecule has 4 N–H and O–H groups in total. The van der Waals surface area contributed by atoms with Crippen molar-refractivity contribution >= 4 is 46.9 Å². The topological polar surface area (TPSA) is 498 Å². The molecule has 132 heavy (non-hydrogen) atoms. The number of pyridine rings is 4. The molecule has 4 saturated heterocycles. The van der Waals surface area contributed by atoms with Crippen LogP contribution in [-0.4, -0.2) is 284 Å². The summed E-state index contributed by atoms with van der Waals surface area (Å²) in [6, 6.07) is 22.6. The third kappa shape index (κ3) is 31.2. The lowest BCUT2D eigenvalue weighted by Crippen LogP contribution is -2.49. The van der Waals surface area contributed by atoms with Crippen LogP contribution in [0.4, 0.5) is 23.3 Å². The van der Waals surface area contributed by atoms with Crippen molar-refractivity contribution in [1.82, 2.24) is 80.3 Å². The first kappa shape index (κ1) is 102. The van der Waals surface area contributed by atoms with Crippen LogP contribution in [0.3, 0.4) is 0 Å². The van der Waals surface area contributed by atoms with Gasteiger partial charge in [-0.05, 0) is 130 Å². The van der Waals surface area contributed by atoms with Crippen molar-refractivity contribution in [3.8, 4) is 47.3 Å². The molecule has 0 saturated carbocycles. The Bertz CT molecular complexity index is 4770. The van der Waals surface area contributed by atoms with Crippen LogP contribution in [-0.2, 0) is 38.1 Å². The summed E-state index contributed by atoms with van der Waals surface area (Å²) in [5, 5.41) is 60.2. The van der Waals surface area contributed by atoms with Gasteiger partial charge in [0.15, 0.2) is 0 Å². The number of hydrogen-bond acceptors (Lipinski definition) is 32. The summed E-state index contributed by atoms with van der Waals surface area (Å²) in [6.45, 7) is 33.8. The Hall–Kier alpha value is -13.8. The van der Waals surface area contributed by atoms with Gasteiger partial charge in [0, 0.05) is 130 Å². The van der Waals surface area contributed by atoms with Crippen molar-refractivity contribution < 1.29 is 57.1 Å². The van der Waals surface area contributed by atoms with Gasteiger partial charge in [0.2, 0.25) is 23.6 Å². The fourth-order valence-corrected chi connectivity index (χ4v) is 14.0. The Morgan fingerprint density at radius 1 is 0.318 bits per heavy atom. The van der Waals surface area contributed by atoms with Crippen LogP contribution in [0.15, 0.2) is 117 Å². The normalized spacial score (nSPS) is 15.6. The summed E-state index contributed by atoms with van der Waals surface area (Å²) in [6.07, 6.45) is 14.1. The Balaban J connectivity index is 0.000000198. The number of nitriles is 4. The standard InChI is InChI=1S/4C23H30N6O4/c4*1-4-19(33-20-14-26-27-23(31)17(20)3)15-32-16(2)11-22(30)29-9-7-28(8-10-29)21-6-5-18(12-24)13-25-21/h4*5-6,13-14,16,19H,4,7-11,15H2,1-3H3,(H,27,31)/t2*16-,19+;2*16-,19-/m1010/s1. The second-order valence-corrected chi connectivity index (χ2v) is 32.3. The highest BCUT2D eigenvalue weighted by molar-refractivity contribution is 5.79. The fourth-order valence-electron chi connectivity index (χ4n) is 14.0. The van der Waals surface area contributed by atoms with Crippen molar-refractivity contribution in [1.29, 1.82) is 21.0 Å². The highest BCUT2D eigenvalue weighted by atomic mass is 16.6. The van der Waals surface area contributed by atoms with Crippen molar-refractivity contribution in [3.63, 3.8) is 0 Å². The molecule has 40 heteroatoms. The maximum Gasteiger partial charge on any atom is 0.270 e. The van der Waals surface area contributed by atoms with Gasteiger partial charge in [-0.15, -0.1) is 0 Å². The first-order chi connectivity index (χ1) is 63.6. The molecule has 4 aliphatic heterocycles. The van der Waals surface area contributed by atoms with Gasteiger partial charge in [0.05, 0.1) is 146 Å². The molecule has 0 aliphatic carbocycles. The Kier molecular flexibility index (Phi) is 40.3.